The number of benzene rings is 1. The first-order valence-electron chi connectivity index (χ1n) is 9.56. The molecule has 0 fully saturated rings. The molecule has 2 heterocycles. The lowest BCUT2D eigenvalue weighted by Gasteiger charge is -2.22. The standard InChI is InChI=1S/C23H22ClN3O4/c1-14-20(15(2)26-21(14)23(30)31-3)19(28)13-27(12-16-5-4-10-25-11-16)22(29)17-6-8-18(24)9-7-17/h4-11,26H,12-13H2,1-3H3. The minimum Gasteiger partial charge on any atom is -0.464 e. The zero-order chi connectivity index (χ0) is 22.5. The number of pyridine rings is 1. The zero-order valence-corrected chi connectivity index (χ0v) is 18.2. The quantitative estimate of drug-likeness (QED) is 0.444. The molecular weight excluding hydrogens is 418 g/mol. The van der Waals surface area contributed by atoms with Gasteiger partial charge >= 0.3 is 5.97 Å². The van der Waals surface area contributed by atoms with E-state index in [2.05, 4.69) is 9.97 Å². The van der Waals surface area contributed by atoms with Gasteiger partial charge in [-0.1, -0.05) is 17.7 Å². The van der Waals surface area contributed by atoms with E-state index in [0.29, 0.717) is 27.4 Å². The Morgan fingerprint density at radius 1 is 1.13 bits per heavy atom. The number of carbonyl (C=O) groups excluding carboxylic acids is 3. The number of H-pyrrole nitrogens is 1. The summed E-state index contributed by atoms with van der Waals surface area (Å²) >= 11 is 5.94. The van der Waals surface area contributed by atoms with Gasteiger partial charge in [0.25, 0.3) is 5.91 Å². The Morgan fingerprint density at radius 3 is 2.45 bits per heavy atom. The third kappa shape index (κ3) is 5.00. The van der Waals surface area contributed by atoms with E-state index in [0.717, 1.165) is 5.56 Å². The first-order valence-corrected chi connectivity index (χ1v) is 9.94. The molecule has 31 heavy (non-hydrogen) atoms. The van der Waals surface area contributed by atoms with Gasteiger partial charge in [0.05, 0.1) is 13.7 Å². The van der Waals surface area contributed by atoms with E-state index in [1.165, 1.54) is 12.0 Å². The van der Waals surface area contributed by atoms with Crippen molar-refractivity contribution in [2.75, 3.05) is 13.7 Å². The summed E-state index contributed by atoms with van der Waals surface area (Å²) in [5.74, 6) is -1.15. The van der Waals surface area contributed by atoms with Crippen molar-refractivity contribution in [1.82, 2.24) is 14.9 Å². The van der Waals surface area contributed by atoms with Crippen LogP contribution < -0.4 is 0 Å². The molecule has 0 aliphatic heterocycles. The van der Waals surface area contributed by atoms with Gasteiger partial charge < -0.3 is 14.6 Å². The summed E-state index contributed by atoms with van der Waals surface area (Å²) in [7, 11) is 1.28. The highest BCUT2D eigenvalue weighted by atomic mass is 35.5. The third-order valence-corrected chi connectivity index (χ3v) is 5.17. The number of hydrogen-bond donors (Lipinski definition) is 1. The largest absolute Gasteiger partial charge is 0.464 e. The maximum absolute atomic E-state index is 13.2. The predicted molar refractivity (Wildman–Crippen MR) is 116 cm³/mol. The fourth-order valence-corrected chi connectivity index (χ4v) is 3.54. The summed E-state index contributed by atoms with van der Waals surface area (Å²) in [6.07, 6.45) is 3.29. The normalized spacial score (nSPS) is 10.6. The molecule has 1 aromatic carbocycles. The molecule has 1 N–H and O–H groups in total. The molecule has 0 aliphatic rings. The van der Waals surface area contributed by atoms with E-state index in [1.807, 2.05) is 6.07 Å². The molecular formula is C23H22ClN3O4. The van der Waals surface area contributed by atoms with E-state index in [1.54, 1.807) is 56.6 Å². The molecule has 3 aromatic rings. The summed E-state index contributed by atoms with van der Waals surface area (Å²) in [6, 6.07) is 10.1. The minimum atomic E-state index is -0.552. The van der Waals surface area contributed by atoms with Gasteiger partial charge in [-0.2, -0.15) is 0 Å². The Morgan fingerprint density at radius 2 is 1.84 bits per heavy atom. The number of amides is 1. The lowest BCUT2D eigenvalue weighted by Crippen LogP contribution is -2.35. The number of Topliss-reactive ketones (excluding diaryl/α,β-unsaturated/α-hetero) is 1. The molecule has 3 rings (SSSR count). The van der Waals surface area contributed by atoms with Crippen LogP contribution in [0, 0.1) is 13.8 Å². The Balaban J connectivity index is 1.92. The van der Waals surface area contributed by atoms with E-state index in [-0.39, 0.29) is 30.5 Å². The number of hydrogen-bond acceptors (Lipinski definition) is 5. The molecule has 0 saturated carbocycles. The van der Waals surface area contributed by atoms with E-state index >= 15 is 0 Å². The fraction of sp³-hybridized carbons (Fsp3) is 0.217. The van der Waals surface area contributed by atoms with Crippen LogP contribution in [0.1, 0.15) is 48.0 Å². The maximum Gasteiger partial charge on any atom is 0.354 e. The summed E-state index contributed by atoms with van der Waals surface area (Å²) in [6.45, 7) is 3.42. The minimum absolute atomic E-state index is 0.170. The number of ether oxygens (including phenoxy) is 1. The Kier molecular flexibility index (Phi) is 6.87. The number of esters is 1. The number of aromatic amines is 1. The lowest BCUT2D eigenvalue weighted by molar-refractivity contribution is 0.0593. The molecule has 0 spiro atoms. The molecule has 0 bridgehead atoms. The van der Waals surface area contributed by atoms with Gasteiger partial charge in [-0.05, 0) is 55.3 Å². The van der Waals surface area contributed by atoms with E-state index in [4.69, 9.17) is 16.3 Å². The molecule has 0 saturated heterocycles. The number of aryl methyl sites for hydroxylation is 1. The Bertz CT molecular complexity index is 1110. The van der Waals surface area contributed by atoms with Crippen LogP contribution in [-0.4, -0.2) is 46.2 Å². The smallest absolute Gasteiger partial charge is 0.354 e. The lowest BCUT2D eigenvalue weighted by atomic mass is 10.0. The van der Waals surface area contributed by atoms with Crippen molar-refractivity contribution in [3.63, 3.8) is 0 Å². The Labute approximate surface area is 185 Å². The highest BCUT2D eigenvalue weighted by Crippen LogP contribution is 2.21. The van der Waals surface area contributed by atoms with Crippen LogP contribution >= 0.6 is 11.6 Å². The van der Waals surface area contributed by atoms with Gasteiger partial charge in [0.2, 0.25) is 0 Å². The highest BCUT2D eigenvalue weighted by molar-refractivity contribution is 6.30. The number of nitrogens with one attached hydrogen (secondary N) is 1. The molecule has 0 unspecified atom stereocenters. The van der Waals surface area contributed by atoms with Crippen LogP contribution in [-0.2, 0) is 11.3 Å². The molecule has 0 radical (unpaired) electrons. The van der Waals surface area contributed by atoms with Crippen molar-refractivity contribution in [2.24, 2.45) is 0 Å². The van der Waals surface area contributed by atoms with Crippen LogP contribution in [0.5, 0.6) is 0 Å². The number of rotatable bonds is 7. The summed E-state index contributed by atoms with van der Waals surface area (Å²) < 4.78 is 4.77. The second-order valence-corrected chi connectivity index (χ2v) is 7.51. The highest BCUT2D eigenvalue weighted by Gasteiger charge is 2.26. The van der Waals surface area contributed by atoms with Gasteiger partial charge in [0.15, 0.2) is 5.78 Å². The first-order chi connectivity index (χ1) is 14.8. The van der Waals surface area contributed by atoms with Crippen molar-refractivity contribution < 1.29 is 19.1 Å². The Hall–Kier alpha value is -3.45. The van der Waals surface area contributed by atoms with Gasteiger partial charge in [-0.15, -0.1) is 0 Å². The summed E-state index contributed by atoms with van der Waals surface area (Å²) in [5, 5.41) is 0.514. The molecule has 7 nitrogen and oxygen atoms in total. The van der Waals surface area contributed by atoms with Crippen molar-refractivity contribution >= 4 is 29.3 Å². The zero-order valence-electron chi connectivity index (χ0n) is 17.4. The number of nitrogens with zero attached hydrogens (tertiary/aromatic N) is 2. The first kappa shape index (κ1) is 22.2. The molecule has 8 heteroatoms. The van der Waals surface area contributed by atoms with Crippen molar-refractivity contribution in [3.05, 3.63) is 87.5 Å². The molecule has 2 aromatic heterocycles. The maximum atomic E-state index is 13.2. The number of carbonyl (C=O) groups is 3. The second-order valence-electron chi connectivity index (χ2n) is 7.07. The van der Waals surface area contributed by atoms with Gasteiger partial charge in [-0.25, -0.2) is 4.79 Å². The number of aromatic nitrogens is 2. The molecule has 1 amide bonds. The topological polar surface area (TPSA) is 92.4 Å². The van der Waals surface area contributed by atoms with E-state index < -0.39 is 5.97 Å². The second kappa shape index (κ2) is 9.57. The fourth-order valence-electron chi connectivity index (χ4n) is 3.41. The van der Waals surface area contributed by atoms with Crippen molar-refractivity contribution in [1.29, 1.82) is 0 Å². The SMILES string of the molecule is COC(=O)c1[nH]c(C)c(C(=O)CN(Cc2cccnc2)C(=O)c2ccc(Cl)cc2)c1C. The van der Waals surface area contributed by atoms with Crippen molar-refractivity contribution in [2.45, 2.75) is 20.4 Å². The van der Waals surface area contributed by atoms with Crippen LogP contribution in [0.3, 0.4) is 0 Å². The van der Waals surface area contributed by atoms with Gasteiger partial charge in [0, 0.05) is 40.8 Å². The summed E-state index contributed by atoms with van der Waals surface area (Å²) in [4.78, 5) is 46.8. The average molecular weight is 440 g/mol. The summed E-state index contributed by atoms with van der Waals surface area (Å²) in [5.41, 5.74) is 2.85. The van der Waals surface area contributed by atoms with Crippen LogP contribution in [0.25, 0.3) is 0 Å². The molecule has 0 aliphatic carbocycles. The van der Waals surface area contributed by atoms with Crippen LogP contribution in [0.15, 0.2) is 48.8 Å². The number of methoxy groups -OCH3 is 1. The number of halogens is 1. The van der Waals surface area contributed by atoms with Gasteiger partial charge in [-0.3, -0.25) is 14.6 Å². The van der Waals surface area contributed by atoms with E-state index in [9.17, 15) is 14.4 Å². The van der Waals surface area contributed by atoms with Crippen molar-refractivity contribution in [3.8, 4) is 0 Å². The van der Waals surface area contributed by atoms with Crippen LogP contribution in [0.2, 0.25) is 5.02 Å². The van der Waals surface area contributed by atoms with Gasteiger partial charge in [0.1, 0.15) is 5.69 Å². The van der Waals surface area contributed by atoms with Crippen LogP contribution in [0.4, 0.5) is 0 Å². The predicted octanol–water partition coefficient (Wildman–Crippen LogP) is 3.99. The number of ketones is 1. The average Bonchev–Trinajstić information content (AvgIpc) is 3.07. The molecule has 160 valence electrons. The molecule has 0 atom stereocenters. The third-order valence-electron chi connectivity index (χ3n) is 4.91. The monoisotopic (exact) mass is 439 g/mol.